The molecule has 0 spiro atoms. The van der Waals surface area contributed by atoms with Crippen LogP contribution in [0.3, 0.4) is 0 Å². The maximum absolute atomic E-state index is 12.6. The highest BCUT2D eigenvalue weighted by Gasteiger charge is 2.45. The number of hydrogen-bond acceptors (Lipinski definition) is 4. The van der Waals surface area contributed by atoms with E-state index in [1.807, 2.05) is 0 Å². The molecule has 0 amide bonds. The molecule has 1 fully saturated rings. The number of nitrogens with zero attached hydrogens (tertiary/aromatic N) is 2. The molecule has 0 unspecified atom stereocenters. The molecule has 2 atom stereocenters. The Morgan fingerprint density at radius 2 is 2.15 bits per heavy atom. The smallest absolute Gasteiger partial charge is 0.313 e. The average molecular weight is 280 g/mol. The summed E-state index contributed by atoms with van der Waals surface area (Å²) in [6.07, 6.45) is 0.710. The van der Waals surface area contributed by atoms with Gasteiger partial charge in [-0.2, -0.15) is 10.2 Å². The molecule has 0 bridgehead atoms. The highest BCUT2D eigenvalue weighted by Crippen LogP contribution is 2.50. The number of halogens is 2. The summed E-state index contributed by atoms with van der Waals surface area (Å²) in [6.45, 7) is 0. The monoisotopic (exact) mass is 280 g/mol. The summed E-state index contributed by atoms with van der Waals surface area (Å²) < 4.78 is 25.1. The topological polar surface area (TPSA) is 91.5 Å². The van der Waals surface area contributed by atoms with Crippen molar-refractivity contribution in [2.24, 2.45) is 5.92 Å². The van der Waals surface area contributed by atoms with Crippen LogP contribution in [0.4, 0.5) is 8.78 Å². The van der Waals surface area contributed by atoms with Crippen molar-refractivity contribution in [1.29, 1.82) is 0 Å². The lowest BCUT2D eigenvalue weighted by Gasteiger charge is -2.02. The second-order valence-electron chi connectivity index (χ2n) is 4.70. The lowest BCUT2D eigenvalue weighted by Crippen LogP contribution is -2.22. The molecule has 2 heterocycles. The van der Waals surface area contributed by atoms with E-state index in [1.165, 1.54) is 12.4 Å². The summed E-state index contributed by atoms with van der Waals surface area (Å²) in [5.74, 6) is -0.896. The fourth-order valence-corrected chi connectivity index (χ4v) is 2.19. The van der Waals surface area contributed by atoms with Gasteiger partial charge in [0.05, 0.1) is 11.8 Å². The maximum Gasteiger partial charge on any atom is 0.325 e. The molecule has 6 nitrogen and oxygen atoms in total. The molecule has 2 aromatic heterocycles. The Bertz CT molecular complexity index is 755. The van der Waals surface area contributed by atoms with Gasteiger partial charge in [0.1, 0.15) is 5.69 Å². The van der Waals surface area contributed by atoms with Crippen LogP contribution in [0.2, 0.25) is 0 Å². The Labute approximate surface area is 110 Å². The third-order valence-electron chi connectivity index (χ3n) is 3.36. The molecule has 2 aromatic rings. The van der Waals surface area contributed by atoms with E-state index < -0.39 is 23.6 Å². The molecule has 1 aliphatic carbocycles. The van der Waals surface area contributed by atoms with Crippen molar-refractivity contribution in [1.82, 2.24) is 20.2 Å². The standard InChI is InChI=1S/C12H10F2N4O2/c13-10(14)7-2-6(7)5-1-9(18-16-3-5)8-4-15-12(20)17-11(8)19/h1,3-4,6-7,10H,2H2,(H2,15,17,19,20)/t6-,7+/m1/s1. The first-order chi connectivity index (χ1) is 9.56. The Hall–Kier alpha value is -2.38. The fourth-order valence-electron chi connectivity index (χ4n) is 2.19. The highest BCUT2D eigenvalue weighted by molar-refractivity contribution is 5.56. The first-order valence-electron chi connectivity index (χ1n) is 5.99. The normalized spacial score (nSPS) is 21.1. The van der Waals surface area contributed by atoms with Crippen LogP contribution >= 0.6 is 0 Å². The van der Waals surface area contributed by atoms with Gasteiger partial charge in [0.15, 0.2) is 0 Å². The lowest BCUT2D eigenvalue weighted by molar-refractivity contribution is 0.120. The number of nitrogens with one attached hydrogen (secondary N) is 2. The van der Waals surface area contributed by atoms with Crippen LogP contribution in [0, 0.1) is 5.92 Å². The molecule has 0 aromatic carbocycles. The summed E-state index contributed by atoms with van der Waals surface area (Å²) in [7, 11) is 0. The molecular weight excluding hydrogens is 270 g/mol. The lowest BCUT2D eigenvalue weighted by atomic mass is 10.1. The van der Waals surface area contributed by atoms with E-state index in [2.05, 4.69) is 20.2 Å². The minimum atomic E-state index is -2.35. The van der Waals surface area contributed by atoms with Gasteiger partial charge in [0, 0.05) is 12.1 Å². The van der Waals surface area contributed by atoms with Crippen LogP contribution in [0.15, 0.2) is 28.0 Å². The van der Waals surface area contributed by atoms with E-state index in [-0.39, 0.29) is 17.2 Å². The molecule has 8 heteroatoms. The predicted octanol–water partition coefficient (Wildman–Crippen LogP) is 0.889. The van der Waals surface area contributed by atoms with Gasteiger partial charge in [-0.05, 0) is 24.0 Å². The predicted molar refractivity (Wildman–Crippen MR) is 65.6 cm³/mol. The number of aromatic nitrogens is 4. The van der Waals surface area contributed by atoms with Crippen molar-refractivity contribution in [3.05, 3.63) is 44.9 Å². The van der Waals surface area contributed by atoms with E-state index in [9.17, 15) is 18.4 Å². The zero-order chi connectivity index (χ0) is 14.3. The molecule has 2 N–H and O–H groups in total. The van der Waals surface area contributed by atoms with Crippen LogP contribution < -0.4 is 11.2 Å². The first-order valence-corrected chi connectivity index (χ1v) is 5.99. The maximum atomic E-state index is 12.6. The molecule has 0 aliphatic heterocycles. The molecule has 104 valence electrons. The van der Waals surface area contributed by atoms with E-state index in [1.54, 1.807) is 6.07 Å². The van der Waals surface area contributed by atoms with Gasteiger partial charge in [-0.15, -0.1) is 0 Å². The SMILES string of the molecule is O=c1[nH]cc(-c2cc([C@H]3C[C@@H]3C(F)F)cnn2)c(=O)[nH]1. The largest absolute Gasteiger partial charge is 0.325 e. The van der Waals surface area contributed by atoms with Gasteiger partial charge in [0.25, 0.3) is 5.56 Å². The van der Waals surface area contributed by atoms with Gasteiger partial charge >= 0.3 is 5.69 Å². The van der Waals surface area contributed by atoms with Crippen LogP contribution in [0.25, 0.3) is 11.3 Å². The number of alkyl halides is 2. The van der Waals surface area contributed by atoms with Gasteiger partial charge in [-0.3, -0.25) is 9.78 Å². The van der Waals surface area contributed by atoms with Gasteiger partial charge in [-0.1, -0.05) is 0 Å². The second kappa shape index (κ2) is 4.62. The second-order valence-corrected chi connectivity index (χ2v) is 4.70. The Morgan fingerprint density at radius 1 is 1.35 bits per heavy atom. The number of H-pyrrole nitrogens is 2. The third-order valence-corrected chi connectivity index (χ3v) is 3.36. The molecule has 0 radical (unpaired) electrons. The first kappa shape index (κ1) is 12.6. The minimum Gasteiger partial charge on any atom is -0.313 e. The van der Waals surface area contributed by atoms with E-state index in [4.69, 9.17) is 0 Å². The molecule has 20 heavy (non-hydrogen) atoms. The quantitative estimate of drug-likeness (QED) is 0.873. The summed E-state index contributed by atoms with van der Waals surface area (Å²) in [5.41, 5.74) is -0.191. The summed E-state index contributed by atoms with van der Waals surface area (Å²) in [5, 5.41) is 7.54. The zero-order valence-corrected chi connectivity index (χ0v) is 10.1. The Kier molecular flexibility index (Phi) is 2.92. The molecule has 3 rings (SSSR count). The molecule has 0 saturated heterocycles. The summed E-state index contributed by atoms with van der Waals surface area (Å²) in [6, 6.07) is 1.56. The average Bonchev–Trinajstić information content (AvgIpc) is 3.19. The van der Waals surface area contributed by atoms with Crippen LogP contribution in [-0.4, -0.2) is 26.6 Å². The summed E-state index contributed by atoms with van der Waals surface area (Å²) in [4.78, 5) is 27.0. The number of rotatable bonds is 3. The fraction of sp³-hybridized carbons (Fsp3) is 0.333. The Balaban J connectivity index is 1.96. The van der Waals surface area contributed by atoms with Crippen molar-refractivity contribution < 1.29 is 8.78 Å². The molecular formula is C12H10F2N4O2. The van der Waals surface area contributed by atoms with Gasteiger partial charge in [0.2, 0.25) is 6.43 Å². The highest BCUT2D eigenvalue weighted by atomic mass is 19.3. The van der Waals surface area contributed by atoms with Crippen LogP contribution in [0.5, 0.6) is 0 Å². The van der Waals surface area contributed by atoms with Crippen molar-refractivity contribution in [3.63, 3.8) is 0 Å². The van der Waals surface area contributed by atoms with Crippen molar-refractivity contribution in [2.45, 2.75) is 18.8 Å². The summed E-state index contributed by atoms with van der Waals surface area (Å²) >= 11 is 0. The molecule has 1 saturated carbocycles. The van der Waals surface area contributed by atoms with E-state index in [0.717, 1.165) is 0 Å². The van der Waals surface area contributed by atoms with Gasteiger partial charge < -0.3 is 4.98 Å². The van der Waals surface area contributed by atoms with Crippen molar-refractivity contribution in [3.8, 4) is 11.3 Å². The van der Waals surface area contributed by atoms with Crippen molar-refractivity contribution in [2.75, 3.05) is 0 Å². The van der Waals surface area contributed by atoms with Crippen LogP contribution in [0.1, 0.15) is 17.9 Å². The molecule has 1 aliphatic rings. The van der Waals surface area contributed by atoms with Gasteiger partial charge in [-0.25, -0.2) is 13.6 Å². The zero-order valence-electron chi connectivity index (χ0n) is 10.1. The van der Waals surface area contributed by atoms with Crippen LogP contribution in [-0.2, 0) is 0 Å². The minimum absolute atomic E-state index is 0.146. The van der Waals surface area contributed by atoms with E-state index in [0.29, 0.717) is 12.0 Å². The van der Waals surface area contributed by atoms with Crippen molar-refractivity contribution >= 4 is 0 Å². The third kappa shape index (κ3) is 2.24. The van der Waals surface area contributed by atoms with E-state index >= 15 is 0 Å². The number of aromatic amines is 2. The Morgan fingerprint density at radius 3 is 2.80 bits per heavy atom. The number of hydrogen-bond donors (Lipinski definition) is 2.